The Kier molecular flexibility index (Phi) is 4.70. The lowest BCUT2D eigenvalue weighted by molar-refractivity contribution is 0.212. The summed E-state index contributed by atoms with van der Waals surface area (Å²) < 4.78 is 0. The van der Waals surface area contributed by atoms with Crippen LogP contribution in [-0.2, 0) is 6.42 Å². The van der Waals surface area contributed by atoms with Crippen LogP contribution in [0, 0.1) is 0 Å². The van der Waals surface area contributed by atoms with E-state index in [1.807, 2.05) is 6.07 Å². The van der Waals surface area contributed by atoms with Gasteiger partial charge < -0.3 is 14.8 Å². The van der Waals surface area contributed by atoms with E-state index in [0.717, 1.165) is 29.9 Å². The lowest BCUT2D eigenvalue weighted by Crippen LogP contribution is -2.44. The minimum atomic E-state index is 0.563. The van der Waals surface area contributed by atoms with Gasteiger partial charge in [0.2, 0.25) is 5.95 Å². The van der Waals surface area contributed by atoms with Crippen LogP contribution in [0.4, 0.5) is 5.95 Å². The van der Waals surface area contributed by atoms with Crippen molar-refractivity contribution in [3.63, 3.8) is 0 Å². The predicted octanol–water partition coefficient (Wildman–Crippen LogP) is 3.71. The largest absolute Gasteiger partial charge is 0.342 e. The minimum absolute atomic E-state index is 0.563. The van der Waals surface area contributed by atoms with Gasteiger partial charge in [0.25, 0.3) is 0 Å². The number of benzene rings is 2. The molecular formula is C21H26N4. The minimum Gasteiger partial charge on any atom is -0.342 e. The molecule has 0 unspecified atom stereocenters. The van der Waals surface area contributed by atoms with E-state index < -0.39 is 0 Å². The average Bonchev–Trinajstić information content (AvgIpc) is 3.11. The molecule has 25 heavy (non-hydrogen) atoms. The highest BCUT2D eigenvalue weighted by molar-refractivity contribution is 5.77. The van der Waals surface area contributed by atoms with Crippen LogP contribution in [0.2, 0.25) is 0 Å². The summed E-state index contributed by atoms with van der Waals surface area (Å²) in [5.41, 5.74) is 3.60. The van der Waals surface area contributed by atoms with Crippen LogP contribution in [0.3, 0.4) is 0 Å². The number of fused-ring (bicyclic) bond motifs is 1. The van der Waals surface area contributed by atoms with Crippen LogP contribution in [0.25, 0.3) is 11.0 Å². The molecule has 1 fully saturated rings. The molecule has 4 nitrogen and oxygen atoms in total. The molecular weight excluding hydrogens is 308 g/mol. The molecule has 3 aromatic rings. The number of aromatic nitrogens is 2. The number of imidazole rings is 1. The molecule has 0 spiro atoms. The number of hydrogen-bond donors (Lipinski definition) is 1. The second kappa shape index (κ2) is 7.28. The maximum absolute atomic E-state index is 4.74. The molecule has 1 aliphatic rings. The van der Waals surface area contributed by atoms with E-state index in [-0.39, 0.29) is 0 Å². The van der Waals surface area contributed by atoms with E-state index in [9.17, 15) is 0 Å². The van der Waals surface area contributed by atoms with Crippen molar-refractivity contribution in [3.8, 4) is 0 Å². The van der Waals surface area contributed by atoms with Crippen molar-refractivity contribution in [2.24, 2.45) is 0 Å². The summed E-state index contributed by atoms with van der Waals surface area (Å²) in [5.74, 6) is 0.990. The van der Waals surface area contributed by atoms with E-state index >= 15 is 0 Å². The van der Waals surface area contributed by atoms with Gasteiger partial charge in [0.1, 0.15) is 0 Å². The van der Waals surface area contributed by atoms with E-state index in [4.69, 9.17) is 4.98 Å². The number of H-pyrrole nitrogens is 1. The number of para-hydroxylation sites is 2. The van der Waals surface area contributed by atoms with Crippen LogP contribution < -0.4 is 4.90 Å². The molecule has 0 radical (unpaired) electrons. The second-order valence-corrected chi connectivity index (χ2v) is 7.00. The molecule has 0 atom stereocenters. The summed E-state index contributed by atoms with van der Waals surface area (Å²) in [6.07, 6.45) is 3.54. The van der Waals surface area contributed by atoms with Crippen molar-refractivity contribution in [2.45, 2.75) is 25.3 Å². The van der Waals surface area contributed by atoms with Gasteiger partial charge in [0.05, 0.1) is 11.0 Å². The molecule has 0 bridgehead atoms. The van der Waals surface area contributed by atoms with E-state index in [1.54, 1.807) is 0 Å². The third-order valence-corrected chi connectivity index (χ3v) is 5.38. The lowest BCUT2D eigenvalue weighted by Gasteiger charge is -2.36. The second-order valence-electron chi connectivity index (χ2n) is 7.00. The summed E-state index contributed by atoms with van der Waals surface area (Å²) in [7, 11) is 2.17. The molecule has 4 rings (SSSR count). The molecule has 1 N–H and O–H groups in total. The maximum Gasteiger partial charge on any atom is 0.203 e. The first-order chi connectivity index (χ1) is 12.3. The number of nitrogens with zero attached hydrogens (tertiary/aromatic N) is 3. The molecule has 1 saturated heterocycles. The molecule has 2 aromatic carbocycles. The van der Waals surface area contributed by atoms with Gasteiger partial charge in [-0.3, -0.25) is 0 Å². The fraction of sp³-hybridized carbons (Fsp3) is 0.381. The van der Waals surface area contributed by atoms with Crippen LogP contribution >= 0.6 is 0 Å². The normalized spacial score (nSPS) is 16.4. The Hall–Kier alpha value is -2.33. The highest BCUT2D eigenvalue weighted by Crippen LogP contribution is 2.22. The van der Waals surface area contributed by atoms with Gasteiger partial charge in [0, 0.05) is 32.7 Å². The van der Waals surface area contributed by atoms with E-state index in [1.165, 1.54) is 31.5 Å². The van der Waals surface area contributed by atoms with E-state index in [0.29, 0.717) is 6.04 Å². The molecule has 1 aliphatic heterocycles. The van der Waals surface area contributed by atoms with Crippen molar-refractivity contribution in [2.75, 3.05) is 31.6 Å². The fourth-order valence-corrected chi connectivity index (χ4v) is 3.74. The fourth-order valence-electron chi connectivity index (χ4n) is 3.74. The number of nitrogens with one attached hydrogen (secondary N) is 1. The monoisotopic (exact) mass is 334 g/mol. The van der Waals surface area contributed by atoms with Gasteiger partial charge in [-0.05, 0) is 37.0 Å². The predicted molar refractivity (Wildman–Crippen MR) is 104 cm³/mol. The van der Waals surface area contributed by atoms with Crippen LogP contribution in [0.1, 0.15) is 18.4 Å². The quantitative estimate of drug-likeness (QED) is 0.772. The highest BCUT2D eigenvalue weighted by atomic mass is 15.3. The standard InChI is InChI=1S/C21H26N4/c1-24(21-22-19-9-5-6-10-20(19)23-21)18-12-15-25(16-13-18)14-11-17-7-3-2-4-8-17/h2-10,18H,11-16H2,1H3,(H,22,23). The van der Waals surface area contributed by atoms with Gasteiger partial charge in [-0.2, -0.15) is 0 Å². The van der Waals surface area contributed by atoms with Crippen molar-refractivity contribution in [3.05, 3.63) is 60.2 Å². The summed E-state index contributed by atoms with van der Waals surface area (Å²) in [5, 5.41) is 0. The zero-order valence-corrected chi connectivity index (χ0v) is 14.9. The first-order valence-electron chi connectivity index (χ1n) is 9.23. The van der Waals surface area contributed by atoms with Crippen LogP contribution in [-0.4, -0.2) is 47.6 Å². The van der Waals surface area contributed by atoms with Crippen molar-refractivity contribution < 1.29 is 0 Å². The number of piperidine rings is 1. The molecule has 2 heterocycles. The summed E-state index contributed by atoms with van der Waals surface area (Å²) in [6.45, 7) is 3.50. The van der Waals surface area contributed by atoms with Gasteiger partial charge in [-0.25, -0.2) is 4.98 Å². The maximum atomic E-state index is 4.74. The molecule has 4 heteroatoms. The van der Waals surface area contributed by atoms with Crippen molar-refractivity contribution in [1.82, 2.24) is 14.9 Å². The van der Waals surface area contributed by atoms with E-state index in [2.05, 4.69) is 70.4 Å². The number of anilines is 1. The number of hydrogen-bond acceptors (Lipinski definition) is 3. The Labute approximate surface area is 149 Å². The van der Waals surface area contributed by atoms with Crippen molar-refractivity contribution in [1.29, 1.82) is 0 Å². The first kappa shape index (κ1) is 16.2. The SMILES string of the molecule is CN(c1nc2ccccc2[nH]1)C1CCN(CCc2ccccc2)CC1. The Morgan fingerprint density at radius 3 is 2.52 bits per heavy atom. The zero-order chi connectivity index (χ0) is 17.1. The average molecular weight is 334 g/mol. The first-order valence-corrected chi connectivity index (χ1v) is 9.23. The Balaban J connectivity index is 1.32. The van der Waals surface area contributed by atoms with Gasteiger partial charge in [-0.1, -0.05) is 42.5 Å². The summed E-state index contributed by atoms with van der Waals surface area (Å²) in [4.78, 5) is 13.1. The van der Waals surface area contributed by atoms with Crippen LogP contribution in [0.15, 0.2) is 54.6 Å². The highest BCUT2D eigenvalue weighted by Gasteiger charge is 2.24. The van der Waals surface area contributed by atoms with Crippen LogP contribution in [0.5, 0.6) is 0 Å². The molecule has 130 valence electrons. The summed E-state index contributed by atoms with van der Waals surface area (Å²) in [6, 6.07) is 19.6. The molecule has 0 saturated carbocycles. The third-order valence-electron chi connectivity index (χ3n) is 5.38. The van der Waals surface area contributed by atoms with Crippen molar-refractivity contribution >= 4 is 17.0 Å². The topological polar surface area (TPSA) is 35.2 Å². The number of rotatable bonds is 5. The van der Waals surface area contributed by atoms with Gasteiger partial charge in [0.15, 0.2) is 0 Å². The molecule has 0 aliphatic carbocycles. The summed E-state index contributed by atoms with van der Waals surface area (Å²) >= 11 is 0. The zero-order valence-electron chi connectivity index (χ0n) is 14.9. The smallest absolute Gasteiger partial charge is 0.203 e. The molecule has 0 amide bonds. The third kappa shape index (κ3) is 3.69. The number of aromatic amines is 1. The Morgan fingerprint density at radius 2 is 1.76 bits per heavy atom. The Morgan fingerprint density at radius 1 is 1.04 bits per heavy atom. The van der Waals surface area contributed by atoms with Gasteiger partial charge >= 0.3 is 0 Å². The number of likely N-dealkylation sites (tertiary alicyclic amines) is 1. The lowest BCUT2D eigenvalue weighted by atomic mass is 10.0. The van der Waals surface area contributed by atoms with Gasteiger partial charge in [-0.15, -0.1) is 0 Å². The Bertz CT molecular complexity index is 770. The molecule has 1 aromatic heterocycles.